The molecule has 4 heteroatoms. The molecule has 92 valence electrons. The zero-order valence-corrected chi connectivity index (χ0v) is 10.7. The van der Waals surface area contributed by atoms with E-state index in [2.05, 4.69) is 0 Å². The average Bonchev–Trinajstić information content (AvgIpc) is 2.80. The van der Waals surface area contributed by atoms with Gasteiger partial charge in [0.25, 0.3) is 0 Å². The SMILES string of the molecule is CS(=O)(=O)c1cccc(C(=O)C2CCCC2)c1. The van der Waals surface area contributed by atoms with E-state index >= 15 is 0 Å². The second kappa shape index (κ2) is 4.61. The van der Waals surface area contributed by atoms with Crippen molar-refractivity contribution in [1.29, 1.82) is 0 Å². The van der Waals surface area contributed by atoms with E-state index in [0.29, 0.717) is 5.56 Å². The highest BCUT2D eigenvalue weighted by Crippen LogP contribution is 2.28. The molecule has 0 aliphatic heterocycles. The summed E-state index contributed by atoms with van der Waals surface area (Å²) in [5.41, 5.74) is 0.528. The second-order valence-corrected chi connectivity index (χ2v) is 6.66. The molecule has 0 unspecified atom stereocenters. The topological polar surface area (TPSA) is 51.2 Å². The van der Waals surface area contributed by atoms with Gasteiger partial charge in [-0.3, -0.25) is 4.79 Å². The molecule has 0 radical (unpaired) electrons. The van der Waals surface area contributed by atoms with Crippen LogP contribution >= 0.6 is 0 Å². The van der Waals surface area contributed by atoms with Crippen LogP contribution in [0.3, 0.4) is 0 Å². The molecule has 0 aromatic heterocycles. The van der Waals surface area contributed by atoms with Gasteiger partial charge in [-0.15, -0.1) is 0 Å². The van der Waals surface area contributed by atoms with E-state index in [1.54, 1.807) is 12.1 Å². The summed E-state index contributed by atoms with van der Waals surface area (Å²) >= 11 is 0. The van der Waals surface area contributed by atoms with E-state index in [1.165, 1.54) is 12.1 Å². The number of hydrogen-bond donors (Lipinski definition) is 0. The maximum absolute atomic E-state index is 12.1. The Bertz CT molecular complexity index is 525. The molecule has 0 atom stereocenters. The summed E-state index contributed by atoms with van der Waals surface area (Å²) in [6.45, 7) is 0. The van der Waals surface area contributed by atoms with Gasteiger partial charge in [-0.05, 0) is 25.0 Å². The molecule has 1 fully saturated rings. The van der Waals surface area contributed by atoms with Gasteiger partial charge in [-0.25, -0.2) is 8.42 Å². The largest absolute Gasteiger partial charge is 0.294 e. The second-order valence-electron chi connectivity index (χ2n) is 4.65. The Morgan fingerprint density at radius 3 is 2.47 bits per heavy atom. The number of hydrogen-bond acceptors (Lipinski definition) is 3. The van der Waals surface area contributed by atoms with Crippen molar-refractivity contribution in [3.8, 4) is 0 Å². The molecule has 0 spiro atoms. The van der Waals surface area contributed by atoms with Crippen molar-refractivity contribution in [2.45, 2.75) is 30.6 Å². The lowest BCUT2D eigenvalue weighted by atomic mass is 9.96. The van der Waals surface area contributed by atoms with Gasteiger partial charge >= 0.3 is 0 Å². The van der Waals surface area contributed by atoms with Gasteiger partial charge in [0.05, 0.1) is 4.90 Å². The van der Waals surface area contributed by atoms with Gasteiger partial charge in [0.15, 0.2) is 15.6 Å². The highest BCUT2D eigenvalue weighted by Gasteiger charge is 2.24. The fourth-order valence-electron chi connectivity index (χ4n) is 2.30. The summed E-state index contributed by atoms with van der Waals surface area (Å²) in [4.78, 5) is 12.4. The third-order valence-corrected chi connectivity index (χ3v) is 4.38. The highest BCUT2D eigenvalue weighted by molar-refractivity contribution is 7.90. The molecule has 1 aliphatic carbocycles. The van der Waals surface area contributed by atoms with Crippen molar-refractivity contribution < 1.29 is 13.2 Å². The van der Waals surface area contributed by atoms with Crippen LogP contribution in [0.25, 0.3) is 0 Å². The summed E-state index contributed by atoms with van der Waals surface area (Å²) in [6.07, 6.45) is 5.22. The van der Waals surface area contributed by atoms with Gasteiger partial charge in [-0.2, -0.15) is 0 Å². The van der Waals surface area contributed by atoms with E-state index in [-0.39, 0.29) is 16.6 Å². The van der Waals surface area contributed by atoms with Gasteiger partial charge in [0, 0.05) is 17.7 Å². The van der Waals surface area contributed by atoms with Crippen LogP contribution in [-0.2, 0) is 9.84 Å². The van der Waals surface area contributed by atoms with Crippen molar-refractivity contribution in [3.05, 3.63) is 29.8 Å². The predicted octanol–water partition coefficient (Wildman–Crippen LogP) is 2.46. The maximum atomic E-state index is 12.1. The minimum absolute atomic E-state index is 0.0878. The first-order valence-corrected chi connectivity index (χ1v) is 7.72. The molecule has 1 aromatic rings. The molecule has 0 saturated heterocycles. The molecule has 1 aliphatic rings. The van der Waals surface area contributed by atoms with E-state index in [0.717, 1.165) is 31.9 Å². The summed E-state index contributed by atoms with van der Waals surface area (Å²) in [5, 5.41) is 0. The third kappa shape index (κ3) is 2.75. The molecular weight excluding hydrogens is 236 g/mol. The summed E-state index contributed by atoms with van der Waals surface area (Å²) in [7, 11) is -3.23. The number of benzene rings is 1. The molecule has 2 rings (SSSR count). The molecule has 0 amide bonds. The Morgan fingerprint density at radius 2 is 1.88 bits per heavy atom. The van der Waals surface area contributed by atoms with E-state index in [9.17, 15) is 13.2 Å². The summed E-state index contributed by atoms with van der Waals surface area (Å²) in [5.74, 6) is 0.179. The zero-order valence-electron chi connectivity index (χ0n) is 9.85. The molecule has 0 heterocycles. The van der Waals surface area contributed by atoms with Crippen molar-refractivity contribution in [1.82, 2.24) is 0 Å². The minimum Gasteiger partial charge on any atom is -0.294 e. The molecule has 3 nitrogen and oxygen atoms in total. The molecule has 1 saturated carbocycles. The number of Topliss-reactive ketones (excluding diaryl/α,β-unsaturated/α-hetero) is 1. The van der Waals surface area contributed by atoms with Gasteiger partial charge in [0.1, 0.15) is 0 Å². The van der Waals surface area contributed by atoms with E-state index < -0.39 is 9.84 Å². The van der Waals surface area contributed by atoms with E-state index in [4.69, 9.17) is 0 Å². The van der Waals surface area contributed by atoms with Crippen LogP contribution in [0.15, 0.2) is 29.2 Å². The first kappa shape index (κ1) is 12.3. The minimum atomic E-state index is -3.23. The van der Waals surface area contributed by atoms with Crippen LogP contribution in [0.5, 0.6) is 0 Å². The molecule has 0 N–H and O–H groups in total. The molecule has 0 bridgehead atoms. The lowest BCUT2D eigenvalue weighted by Crippen LogP contribution is -2.11. The van der Waals surface area contributed by atoms with Crippen LogP contribution in [0, 0.1) is 5.92 Å². The van der Waals surface area contributed by atoms with Crippen molar-refractivity contribution in [2.24, 2.45) is 5.92 Å². The normalized spacial score (nSPS) is 17.2. The predicted molar refractivity (Wildman–Crippen MR) is 65.8 cm³/mol. The molecular formula is C13H16O3S. The fourth-order valence-corrected chi connectivity index (χ4v) is 2.97. The highest BCUT2D eigenvalue weighted by atomic mass is 32.2. The Kier molecular flexibility index (Phi) is 3.33. The van der Waals surface area contributed by atoms with Crippen LogP contribution < -0.4 is 0 Å². The number of carbonyl (C=O) groups excluding carboxylic acids is 1. The van der Waals surface area contributed by atoms with Crippen LogP contribution in [0.2, 0.25) is 0 Å². The fraction of sp³-hybridized carbons (Fsp3) is 0.462. The van der Waals surface area contributed by atoms with Crippen molar-refractivity contribution in [2.75, 3.05) is 6.26 Å². The molecule has 17 heavy (non-hydrogen) atoms. The Labute approximate surface area is 102 Å². The standard InChI is InChI=1S/C13H16O3S/c1-17(15,16)12-8-4-7-11(9-12)13(14)10-5-2-3-6-10/h4,7-10H,2-3,5-6H2,1H3. The Balaban J connectivity index is 2.30. The quantitative estimate of drug-likeness (QED) is 0.776. The van der Waals surface area contributed by atoms with Crippen LogP contribution in [0.4, 0.5) is 0 Å². The van der Waals surface area contributed by atoms with Crippen LogP contribution in [-0.4, -0.2) is 20.5 Å². The van der Waals surface area contributed by atoms with Gasteiger partial charge in [-0.1, -0.05) is 25.0 Å². The Morgan fingerprint density at radius 1 is 1.24 bits per heavy atom. The van der Waals surface area contributed by atoms with Crippen LogP contribution in [0.1, 0.15) is 36.0 Å². The van der Waals surface area contributed by atoms with Gasteiger partial charge in [0.2, 0.25) is 0 Å². The lowest BCUT2D eigenvalue weighted by Gasteiger charge is -2.08. The Hall–Kier alpha value is -1.16. The molecule has 1 aromatic carbocycles. The smallest absolute Gasteiger partial charge is 0.175 e. The third-order valence-electron chi connectivity index (χ3n) is 3.27. The van der Waals surface area contributed by atoms with Gasteiger partial charge < -0.3 is 0 Å². The first-order valence-electron chi connectivity index (χ1n) is 5.83. The number of ketones is 1. The maximum Gasteiger partial charge on any atom is 0.175 e. The van der Waals surface area contributed by atoms with Crippen molar-refractivity contribution in [3.63, 3.8) is 0 Å². The monoisotopic (exact) mass is 252 g/mol. The average molecular weight is 252 g/mol. The zero-order chi connectivity index (χ0) is 12.5. The van der Waals surface area contributed by atoms with Crippen molar-refractivity contribution >= 4 is 15.6 Å². The summed E-state index contributed by atoms with van der Waals surface area (Å²) < 4.78 is 22.8. The summed E-state index contributed by atoms with van der Waals surface area (Å²) in [6, 6.07) is 6.37. The number of rotatable bonds is 3. The number of sulfone groups is 1. The lowest BCUT2D eigenvalue weighted by molar-refractivity contribution is 0.0922. The first-order chi connectivity index (χ1) is 7.98. The van der Waals surface area contributed by atoms with E-state index in [1.807, 2.05) is 0 Å². The number of carbonyl (C=O) groups is 1.